The summed E-state index contributed by atoms with van der Waals surface area (Å²) in [6.07, 6.45) is 7.58. The van der Waals surface area contributed by atoms with Crippen molar-refractivity contribution in [1.82, 2.24) is 31.5 Å². The number of likely N-dealkylation sites (N-methyl/N-ethyl adjacent to an activating group) is 2. The Hall–Kier alpha value is -4.58. The van der Waals surface area contributed by atoms with Crippen LogP contribution in [-0.4, -0.2) is 126 Å². The van der Waals surface area contributed by atoms with E-state index in [-0.39, 0.29) is 31.1 Å². The summed E-state index contributed by atoms with van der Waals surface area (Å²) >= 11 is 0. The first-order valence-corrected chi connectivity index (χ1v) is 21.2. The van der Waals surface area contributed by atoms with Crippen LogP contribution in [0.25, 0.3) is 0 Å². The number of nitrogens with two attached hydrogens (primary N) is 2. The Kier molecular flexibility index (Phi) is 22.3. The van der Waals surface area contributed by atoms with Crippen LogP contribution in [0, 0.1) is 11.8 Å². The molecule has 1 aliphatic rings. The molecule has 0 spiro atoms. The molecule has 7 atom stereocenters. The summed E-state index contributed by atoms with van der Waals surface area (Å²) in [6, 6.07) is 2.87. The van der Waals surface area contributed by atoms with Crippen molar-refractivity contribution in [3.05, 3.63) is 35.9 Å². The molecule has 10 N–H and O–H groups in total. The molecule has 0 aliphatic heterocycles. The van der Waals surface area contributed by atoms with E-state index in [4.69, 9.17) is 11.5 Å². The van der Waals surface area contributed by atoms with Gasteiger partial charge < -0.3 is 48.1 Å². The van der Waals surface area contributed by atoms with Gasteiger partial charge in [0.15, 0.2) is 17.1 Å². The van der Waals surface area contributed by atoms with Gasteiger partial charge in [-0.2, -0.15) is 0 Å². The van der Waals surface area contributed by atoms with Gasteiger partial charge in [-0.3, -0.25) is 38.4 Å². The molecule has 335 valence electrons. The van der Waals surface area contributed by atoms with Gasteiger partial charge in [0.1, 0.15) is 30.8 Å². The molecule has 1 saturated carbocycles. The number of nitrogens with zero attached hydrogens (tertiary/aromatic N) is 1. The predicted molar refractivity (Wildman–Crippen MR) is 227 cm³/mol. The first kappa shape index (κ1) is 51.6. The molecular weight excluding hydrogens is 773 g/mol. The van der Waals surface area contributed by atoms with Gasteiger partial charge in [-0.25, -0.2) is 0 Å². The topological polar surface area (TPSA) is 272 Å². The smallest absolute Gasteiger partial charge is 0.246 e. The molecule has 5 amide bonds. The van der Waals surface area contributed by atoms with Crippen LogP contribution < -0.4 is 38.1 Å². The highest BCUT2D eigenvalue weighted by Crippen LogP contribution is 2.30. The number of benzene rings is 1. The number of amides is 5. The maximum atomic E-state index is 14.2. The van der Waals surface area contributed by atoms with Crippen molar-refractivity contribution in [2.45, 2.75) is 147 Å². The highest BCUT2D eigenvalue weighted by molar-refractivity contribution is 6.12. The molecule has 0 heterocycles. The molecule has 17 heteroatoms. The lowest BCUT2D eigenvalue weighted by Gasteiger charge is -2.39. The normalized spacial score (nSPS) is 17.1. The van der Waals surface area contributed by atoms with Gasteiger partial charge in [-0.1, -0.05) is 76.3 Å². The fourth-order valence-corrected chi connectivity index (χ4v) is 7.47. The molecule has 1 aromatic rings. The minimum Gasteiger partial charge on any atom is -0.389 e. The number of carbonyl (C=O) groups is 7. The zero-order valence-corrected chi connectivity index (χ0v) is 36.2. The van der Waals surface area contributed by atoms with E-state index in [2.05, 4.69) is 26.6 Å². The van der Waals surface area contributed by atoms with E-state index in [0.717, 1.165) is 49.6 Å². The quantitative estimate of drug-likeness (QED) is 0.0433. The van der Waals surface area contributed by atoms with Crippen molar-refractivity contribution in [2.24, 2.45) is 23.3 Å². The lowest BCUT2D eigenvalue weighted by atomic mass is 9.78. The van der Waals surface area contributed by atoms with E-state index in [1.54, 1.807) is 27.2 Å². The van der Waals surface area contributed by atoms with Crippen molar-refractivity contribution >= 4 is 47.4 Å². The highest BCUT2D eigenvalue weighted by Gasteiger charge is 2.50. The van der Waals surface area contributed by atoms with Crippen molar-refractivity contribution in [3.63, 3.8) is 0 Å². The van der Waals surface area contributed by atoms with Crippen molar-refractivity contribution in [3.8, 4) is 0 Å². The monoisotopic (exact) mass is 842 g/mol. The number of hydrogen-bond donors (Lipinski definition) is 8. The molecule has 0 aromatic heterocycles. The first-order chi connectivity index (χ1) is 28.4. The molecule has 1 aromatic carbocycles. The van der Waals surface area contributed by atoms with Crippen LogP contribution in [0.1, 0.15) is 104 Å². The second kappa shape index (κ2) is 25.9. The Balaban J connectivity index is 2.19. The summed E-state index contributed by atoms with van der Waals surface area (Å²) in [4.78, 5) is 108. The van der Waals surface area contributed by atoms with Crippen LogP contribution >= 0.6 is 0 Å². The summed E-state index contributed by atoms with van der Waals surface area (Å²) in [5.41, 5.74) is 10.5. The Morgan fingerprint density at radius 2 is 1.40 bits per heavy atom. The second-order valence-electron chi connectivity index (χ2n) is 16.5. The van der Waals surface area contributed by atoms with Crippen LogP contribution in [0.5, 0.6) is 0 Å². The average Bonchev–Trinajstić information content (AvgIpc) is 3.23. The fraction of sp³-hybridized carbons (Fsp3) is 0.674. The van der Waals surface area contributed by atoms with Gasteiger partial charge in [-0.15, -0.1) is 0 Å². The van der Waals surface area contributed by atoms with E-state index in [9.17, 15) is 43.5 Å². The lowest BCUT2D eigenvalue weighted by Crippen LogP contribution is -2.65. The van der Waals surface area contributed by atoms with Crippen LogP contribution in [0.3, 0.4) is 0 Å². The number of aliphatic hydroxyl groups is 1. The number of unbranched alkanes of at least 4 members (excludes halogenated alkanes) is 1. The lowest BCUT2D eigenvalue weighted by molar-refractivity contribution is -0.147. The largest absolute Gasteiger partial charge is 0.389 e. The first-order valence-electron chi connectivity index (χ1n) is 21.2. The number of hydrogen-bond acceptors (Lipinski definition) is 12. The fourth-order valence-electron chi connectivity index (χ4n) is 7.47. The molecular formula is C43H69N8O9. The third kappa shape index (κ3) is 15.8. The van der Waals surface area contributed by atoms with E-state index < -0.39 is 95.9 Å². The third-order valence-electron chi connectivity index (χ3n) is 11.1. The molecule has 1 fully saturated rings. The van der Waals surface area contributed by atoms with Gasteiger partial charge in [0.2, 0.25) is 35.8 Å². The molecule has 0 unspecified atom stereocenters. The van der Waals surface area contributed by atoms with Crippen LogP contribution in [0.2, 0.25) is 0 Å². The molecule has 2 rings (SSSR count). The Morgan fingerprint density at radius 3 is 1.95 bits per heavy atom. The number of nitrogens with one attached hydrogen (secondary N) is 5. The van der Waals surface area contributed by atoms with Gasteiger partial charge in [0.25, 0.3) is 0 Å². The average molecular weight is 842 g/mol. The number of aliphatic hydroxyl groups excluding tert-OH is 1. The zero-order valence-electron chi connectivity index (χ0n) is 36.2. The number of carbonyl (C=O) groups excluding carboxylic acids is 8. The van der Waals surface area contributed by atoms with E-state index in [1.807, 2.05) is 30.3 Å². The Labute approximate surface area is 354 Å². The van der Waals surface area contributed by atoms with Crippen LogP contribution in [0.4, 0.5) is 0 Å². The number of ketones is 2. The van der Waals surface area contributed by atoms with E-state index in [0.29, 0.717) is 25.8 Å². The molecule has 0 saturated heterocycles. The maximum absolute atomic E-state index is 14.2. The molecule has 60 heavy (non-hydrogen) atoms. The van der Waals surface area contributed by atoms with Crippen LogP contribution in [-0.2, 0) is 44.8 Å². The van der Waals surface area contributed by atoms with Crippen LogP contribution in [0.15, 0.2) is 30.3 Å². The zero-order chi connectivity index (χ0) is 45.0. The third-order valence-corrected chi connectivity index (χ3v) is 11.1. The summed E-state index contributed by atoms with van der Waals surface area (Å²) in [7, 11) is 2.81. The van der Waals surface area contributed by atoms with Gasteiger partial charge in [-0.05, 0) is 83.4 Å². The SMILES string of the molecule is CN[C@@H](Cc1ccccc1)C(=O)N[C@@H](CCCCN)C(=O)N[C@@H](C)C(=O)N[C@@H](C)C(=O)N[C@@H](CC(C)C)C(=O)N(C)[C@]([C]=O)(CC(=O)CO)C(=O)[C@@H](N)CC1CCCCC1. The van der Waals surface area contributed by atoms with E-state index in [1.165, 1.54) is 13.8 Å². The standard InChI is InChI=1S/C43H69N8O9/c1-27(2)21-36(42(60)51(6)43(26-53,24-32(54)25-52)37(55)33(45)22-30-15-9-7-10-16-30)50-39(57)29(4)47-38(56)28(3)48-40(58)34(19-13-14-20-44)49-41(59)35(46-5)23-31-17-11-8-12-18-31/h8,11-12,17-18,27-30,33-36,46,52H,7,9-10,13-16,19-25,44-45H2,1-6H3,(H,47,56)(H,48,58)(H,49,59)(H,50,57)/t28-,29-,33-,34-,35-,36-,43-/m0/s1. The van der Waals surface area contributed by atoms with Gasteiger partial charge in [0, 0.05) is 13.5 Å². The molecule has 1 aliphatic carbocycles. The van der Waals surface area contributed by atoms with Crippen molar-refractivity contribution in [2.75, 3.05) is 27.2 Å². The van der Waals surface area contributed by atoms with Crippen molar-refractivity contribution in [1.29, 1.82) is 0 Å². The molecule has 1 radical (unpaired) electrons. The minimum absolute atomic E-state index is 0.0459. The van der Waals surface area contributed by atoms with Gasteiger partial charge >= 0.3 is 0 Å². The Bertz CT molecular complexity index is 1590. The predicted octanol–water partition coefficient (Wildman–Crippen LogP) is 0.0964. The number of Topliss-reactive ketones (excluding diaryl/α,β-unsaturated/α-hetero) is 2. The maximum Gasteiger partial charge on any atom is 0.246 e. The minimum atomic E-state index is -2.46. The number of rotatable bonds is 27. The summed E-state index contributed by atoms with van der Waals surface area (Å²) in [5.74, 6) is -5.23. The highest BCUT2D eigenvalue weighted by atomic mass is 16.3. The van der Waals surface area contributed by atoms with E-state index >= 15 is 0 Å². The Morgan fingerprint density at radius 1 is 0.833 bits per heavy atom. The molecule has 17 nitrogen and oxygen atoms in total. The van der Waals surface area contributed by atoms with Crippen molar-refractivity contribution < 1.29 is 43.5 Å². The van der Waals surface area contributed by atoms with Gasteiger partial charge in [0.05, 0.1) is 12.1 Å². The summed E-state index contributed by atoms with van der Waals surface area (Å²) in [6.45, 7) is 5.77. The summed E-state index contributed by atoms with van der Waals surface area (Å²) in [5, 5.41) is 23.1. The molecule has 0 bridgehead atoms. The second-order valence-corrected chi connectivity index (χ2v) is 16.5. The summed E-state index contributed by atoms with van der Waals surface area (Å²) < 4.78 is 0.